The molecule has 1 aromatic carbocycles. The first-order valence-corrected chi connectivity index (χ1v) is 7.15. The number of benzene rings is 1. The Bertz CT molecular complexity index is 540. The molecule has 7 heteroatoms. The topological polar surface area (TPSA) is 105 Å². The van der Waals surface area contributed by atoms with Crippen molar-refractivity contribution in [3.63, 3.8) is 0 Å². The van der Waals surface area contributed by atoms with E-state index < -0.39 is 36.7 Å². The summed E-state index contributed by atoms with van der Waals surface area (Å²) in [4.78, 5) is 11.8. The van der Waals surface area contributed by atoms with Gasteiger partial charge in [-0.2, -0.15) is 0 Å². The van der Waals surface area contributed by atoms with Crippen molar-refractivity contribution in [1.29, 1.82) is 0 Å². The van der Waals surface area contributed by atoms with E-state index in [0.29, 0.717) is 5.75 Å². The maximum absolute atomic E-state index is 11.8. The van der Waals surface area contributed by atoms with E-state index in [1.165, 1.54) is 19.1 Å². The number of aliphatic hydroxyl groups is 3. The van der Waals surface area contributed by atoms with Gasteiger partial charge in [-0.25, -0.2) is 4.79 Å². The molecule has 1 heterocycles. The second-order valence-corrected chi connectivity index (χ2v) is 5.22. The average Bonchev–Trinajstić information content (AvgIpc) is 2.55. The molecule has 0 saturated carbocycles. The van der Waals surface area contributed by atoms with Crippen LogP contribution in [0.1, 0.15) is 12.5 Å². The number of carbonyl (C=O) groups excluding carboxylic acids is 1. The summed E-state index contributed by atoms with van der Waals surface area (Å²) in [5.74, 6) is -0.0497. The second kappa shape index (κ2) is 7.56. The number of methoxy groups -OCH3 is 1. The molecule has 7 nitrogen and oxygen atoms in total. The van der Waals surface area contributed by atoms with Gasteiger partial charge in [0.15, 0.2) is 12.4 Å². The van der Waals surface area contributed by atoms with Crippen LogP contribution >= 0.6 is 0 Å². The summed E-state index contributed by atoms with van der Waals surface area (Å²) < 4.78 is 15.0. The van der Waals surface area contributed by atoms with Crippen molar-refractivity contribution >= 4 is 12.0 Å². The maximum Gasteiger partial charge on any atom is 0.331 e. The molecule has 0 spiro atoms. The lowest BCUT2D eigenvalue weighted by Gasteiger charge is -2.38. The number of hydrogen-bond donors (Lipinski definition) is 3. The van der Waals surface area contributed by atoms with E-state index in [1.54, 1.807) is 31.4 Å². The van der Waals surface area contributed by atoms with Crippen LogP contribution in [0.15, 0.2) is 30.3 Å². The van der Waals surface area contributed by atoms with E-state index in [0.717, 1.165) is 5.56 Å². The quantitative estimate of drug-likeness (QED) is 0.532. The van der Waals surface area contributed by atoms with Gasteiger partial charge in [0.2, 0.25) is 0 Å². The van der Waals surface area contributed by atoms with Crippen molar-refractivity contribution in [2.45, 2.75) is 37.6 Å². The molecule has 1 aliphatic heterocycles. The van der Waals surface area contributed by atoms with E-state index >= 15 is 0 Å². The Morgan fingerprint density at radius 3 is 2.43 bits per heavy atom. The van der Waals surface area contributed by atoms with Gasteiger partial charge < -0.3 is 29.5 Å². The standard InChI is InChI=1S/C16H20O7/c1-9-13(18)15(14(19)16(20)22-9)23-12(17)8-5-10-3-6-11(21-2)7-4-10/h3-9,13-16,18-20H,1-2H3. The fraction of sp³-hybridized carbons (Fsp3) is 0.438. The highest BCUT2D eigenvalue weighted by atomic mass is 16.6. The number of hydrogen-bond acceptors (Lipinski definition) is 7. The summed E-state index contributed by atoms with van der Waals surface area (Å²) in [6.45, 7) is 1.51. The zero-order valence-corrected chi connectivity index (χ0v) is 12.8. The molecule has 0 bridgehead atoms. The third-order valence-electron chi connectivity index (χ3n) is 3.58. The summed E-state index contributed by atoms with van der Waals surface area (Å²) in [6, 6.07) is 7.00. The molecule has 0 aromatic heterocycles. The van der Waals surface area contributed by atoms with Crippen LogP contribution in [-0.4, -0.2) is 59.1 Å². The van der Waals surface area contributed by atoms with Crippen molar-refractivity contribution in [2.24, 2.45) is 0 Å². The molecule has 1 fully saturated rings. The van der Waals surface area contributed by atoms with E-state index in [-0.39, 0.29) is 0 Å². The van der Waals surface area contributed by atoms with Gasteiger partial charge in [0, 0.05) is 6.08 Å². The van der Waals surface area contributed by atoms with Crippen LogP contribution in [0.3, 0.4) is 0 Å². The summed E-state index contributed by atoms with van der Waals surface area (Å²) in [6.07, 6.45) is -3.59. The molecule has 1 saturated heterocycles. The minimum absolute atomic E-state index is 0.696. The van der Waals surface area contributed by atoms with Crippen LogP contribution in [0, 0.1) is 0 Å². The number of esters is 1. The van der Waals surface area contributed by atoms with Gasteiger partial charge >= 0.3 is 5.97 Å². The Balaban J connectivity index is 1.98. The van der Waals surface area contributed by atoms with Gasteiger partial charge in [0.05, 0.1) is 13.2 Å². The van der Waals surface area contributed by atoms with Crippen LogP contribution in [0.5, 0.6) is 5.75 Å². The largest absolute Gasteiger partial charge is 0.497 e. The summed E-state index contributed by atoms with van der Waals surface area (Å²) in [5, 5.41) is 29.2. The summed E-state index contributed by atoms with van der Waals surface area (Å²) in [7, 11) is 1.56. The Morgan fingerprint density at radius 1 is 1.17 bits per heavy atom. The van der Waals surface area contributed by atoms with Crippen molar-refractivity contribution in [3.05, 3.63) is 35.9 Å². The van der Waals surface area contributed by atoms with Crippen LogP contribution in [0.4, 0.5) is 0 Å². The van der Waals surface area contributed by atoms with Gasteiger partial charge in [-0.05, 0) is 30.7 Å². The third-order valence-corrected chi connectivity index (χ3v) is 3.58. The van der Waals surface area contributed by atoms with Gasteiger partial charge in [-0.15, -0.1) is 0 Å². The molecule has 2 rings (SSSR count). The van der Waals surface area contributed by atoms with E-state index in [9.17, 15) is 20.1 Å². The zero-order chi connectivity index (χ0) is 17.0. The minimum Gasteiger partial charge on any atom is -0.497 e. The molecule has 1 aromatic rings. The minimum atomic E-state index is -1.52. The molecule has 3 N–H and O–H groups in total. The number of aliphatic hydroxyl groups excluding tert-OH is 3. The van der Waals surface area contributed by atoms with Gasteiger partial charge in [-0.3, -0.25) is 0 Å². The highest BCUT2D eigenvalue weighted by molar-refractivity contribution is 5.87. The molecule has 5 unspecified atom stereocenters. The molecule has 5 atom stereocenters. The number of rotatable bonds is 4. The van der Waals surface area contributed by atoms with Crippen LogP contribution < -0.4 is 4.74 Å². The lowest BCUT2D eigenvalue weighted by atomic mass is 10.00. The van der Waals surface area contributed by atoms with Crippen molar-refractivity contribution in [3.8, 4) is 5.75 Å². The van der Waals surface area contributed by atoms with Crippen molar-refractivity contribution in [1.82, 2.24) is 0 Å². The molecular formula is C16H20O7. The molecule has 1 aliphatic rings. The van der Waals surface area contributed by atoms with Crippen molar-refractivity contribution < 1.29 is 34.3 Å². The SMILES string of the molecule is COc1ccc(C=CC(=O)OC2C(O)C(C)OC(O)C2O)cc1. The number of ether oxygens (including phenoxy) is 3. The van der Waals surface area contributed by atoms with E-state index in [2.05, 4.69) is 0 Å². The Labute approximate surface area is 133 Å². The van der Waals surface area contributed by atoms with Crippen LogP contribution in [0.2, 0.25) is 0 Å². The lowest BCUT2D eigenvalue weighted by molar-refractivity contribution is -0.280. The first-order chi connectivity index (χ1) is 10.9. The van der Waals surface area contributed by atoms with E-state index in [4.69, 9.17) is 14.2 Å². The monoisotopic (exact) mass is 324 g/mol. The smallest absolute Gasteiger partial charge is 0.331 e. The van der Waals surface area contributed by atoms with E-state index in [1.807, 2.05) is 0 Å². The van der Waals surface area contributed by atoms with Gasteiger partial charge in [-0.1, -0.05) is 12.1 Å². The Hall–Kier alpha value is -1.93. The molecule has 126 valence electrons. The highest BCUT2D eigenvalue weighted by Crippen LogP contribution is 2.22. The fourth-order valence-electron chi connectivity index (χ4n) is 2.20. The zero-order valence-electron chi connectivity index (χ0n) is 12.8. The lowest BCUT2D eigenvalue weighted by Crippen LogP contribution is -2.58. The molecule has 23 heavy (non-hydrogen) atoms. The highest BCUT2D eigenvalue weighted by Gasteiger charge is 2.44. The summed E-state index contributed by atoms with van der Waals surface area (Å²) >= 11 is 0. The average molecular weight is 324 g/mol. The predicted octanol–water partition coefficient (Wildman–Crippen LogP) is 0.0791. The maximum atomic E-state index is 11.8. The van der Waals surface area contributed by atoms with Crippen LogP contribution in [-0.2, 0) is 14.3 Å². The third kappa shape index (κ3) is 4.29. The second-order valence-electron chi connectivity index (χ2n) is 5.22. The van der Waals surface area contributed by atoms with Crippen molar-refractivity contribution in [2.75, 3.05) is 7.11 Å². The molecular weight excluding hydrogens is 304 g/mol. The first kappa shape index (κ1) is 17.4. The fourth-order valence-corrected chi connectivity index (χ4v) is 2.20. The first-order valence-electron chi connectivity index (χ1n) is 7.15. The normalized spacial score (nSPS) is 31.1. The Kier molecular flexibility index (Phi) is 5.73. The molecule has 0 aliphatic carbocycles. The predicted molar refractivity (Wildman–Crippen MR) is 80.5 cm³/mol. The Morgan fingerprint density at radius 2 is 1.83 bits per heavy atom. The number of carbonyl (C=O) groups is 1. The summed E-state index contributed by atoms with van der Waals surface area (Å²) in [5.41, 5.74) is 0.754. The molecule has 0 radical (unpaired) electrons. The van der Waals surface area contributed by atoms with Gasteiger partial charge in [0.1, 0.15) is 18.0 Å². The van der Waals surface area contributed by atoms with Gasteiger partial charge in [0.25, 0.3) is 0 Å². The van der Waals surface area contributed by atoms with Crippen LogP contribution in [0.25, 0.3) is 6.08 Å². The molecule has 0 amide bonds.